The van der Waals surface area contributed by atoms with Gasteiger partial charge in [0.1, 0.15) is 0 Å². The summed E-state index contributed by atoms with van der Waals surface area (Å²) in [4.78, 5) is 13.8. The van der Waals surface area contributed by atoms with Crippen LogP contribution in [0, 0.1) is 0 Å². The third kappa shape index (κ3) is 5.06. The molecule has 0 radical (unpaired) electrons. The number of anilines is 2. The van der Waals surface area contributed by atoms with Crippen LogP contribution in [0.4, 0.5) is 10.8 Å². The molecule has 2 heterocycles. The van der Waals surface area contributed by atoms with Crippen LogP contribution in [0.25, 0.3) is 0 Å². The Balaban J connectivity index is 1.65. The lowest BCUT2D eigenvalue weighted by molar-refractivity contribution is -0.115. The van der Waals surface area contributed by atoms with E-state index >= 15 is 0 Å². The van der Waals surface area contributed by atoms with Gasteiger partial charge >= 0.3 is 0 Å². The molecule has 0 bridgehead atoms. The van der Waals surface area contributed by atoms with Crippen LogP contribution in [0.5, 0.6) is 0 Å². The van der Waals surface area contributed by atoms with Gasteiger partial charge in [0, 0.05) is 31.2 Å². The van der Waals surface area contributed by atoms with Crippen LogP contribution in [-0.4, -0.2) is 37.6 Å². The first kappa shape index (κ1) is 20.7. The normalized spacial score (nSPS) is 16.0. The predicted octanol–water partition coefficient (Wildman–Crippen LogP) is 2.92. The topological polar surface area (TPSA) is 104 Å². The summed E-state index contributed by atoms with van der Waals surface area (Å²) in [5, 5.41) is 10.1. The highest BCUT2D eigenvalue weighted by atomic mass is 32.2. The molecule has 2 aromatic rings. The lowest BCUT2D eigenvalue weighted by Gasteiger charge is -2.29. The number of hydrogen-bond donors (Lipinski definition) is 2. The maximum absolute atomic E-state index is 12.6. The van der Waals surface area contributed by atoms with E-state index in [0.29, 0.717) is 0 Å². The van der Waals surface area contributed by atoms with Crippen molar-refractivity contribution in [3.63, 3.8) is 0 Å². The Morgan fingerprint density at radius 3 is 2.50 bits per heavy atom. The van der Waals surface area contributed by atoms with Gasteiger partial charge in [-0.3, -0.25) is 4.79 Å². The molecule has 1 aromatic carbocycles. The van der Waals surface area contributed by atoms with Gasteiger partial charge in [0.25, 0.3) is 10.0 Å². The molecule has 1 atom stereocenters. The van der Waals surface area contributed by atoms with Crippen molar-refractivity contribution < 1.29 is 13.2 Å². The van der Waals surface area contributed by atoms with Gasteiger partial charge in [-0.1, -0.05) is 30.4 Å². The number of nitrogens with zero attached hydrogens (tertiary/aromatic N) is 3. The fourth-order valence-corrected chi connectivity index (χ4v) is 5.22. The summed E-state index contributed by atoms with van der Waals surface area (Å²) in [5.41, 5.74) is 2.03. The van der Waals surface area contributed by atoms with Crippen molar-refractivity contribution >= 4 is 38.1 Å². The number of aromatic nitrogens is 2. The second-order valence-electron chi connectivity index (χ2n) is 6.76. The zero-order chi connectivity index (χ0) is 20.1. The average Bonchev–Trinajstić information content (AvgIpc) is 3.18. The number of piperidine rings is 1. The van der Waals surface area contributed by atoms with Crippen molar-refractivity contribution in [2.45, 2.75) is 49.9 Å². The van der Waals surface area contributed by atoms with E-state index in [-0.39, 0.29) is 21.8 Å². The van der Waals surface area contributed by atoms with Crippen LogP contribution < -0.4 is 14.9 Å². The summed E-state index contributed by atoms with van der Waals surface area (Å²) < 4.78 is 27.6. The number of rotatable bonds is 7. The van der Waals surface area contributed by atoms with Gasteiger partial charge in [0.05, 0.1) is 0 Å². The van der Waals surface area contributed by atoms with Crippen LogP contribution in [0.2, 0.25) is 0 Å². The predicted molar refractivity (Wildman–Crippen MR) is 110 cm³/mol. The number of sulfonamides is 1. The Morgan fingerprint density at radius 2 is 1.86 bits per heavy atom. The van der Waals surface area contributed by atoms with Gasteiger partial charge in [-0.25, -0.2) is 13.1 Å². The summed E-state index contributed by atoms with van der Waals surface area (Å²) in [6.45, 7) is 5.62. The molecule has 0 saturated carbocycles. The Labute approximate surface area is 169 Å². The van der Waals surface area contributed by atoms with Gasteiger partial charge in [-0.15, -0.1) is 10.2 Å². The molecular weight excluding hydrogens is 398 g/mol. The fraction of sp³-hybridized carbons (Fsp3) is 0.500. The summed E-state index contributed by atoms with van der Waals surface area (Å²) in [6, 6.07) is 7.55. The van der Waals surface area contributed by atoms with Crippen LogP contribution in [-0.2, 0) is 14.8 Å². The highest BCUT2D eigenvalue weighted by molar-refractivity contribution is 7.91. The SMILES string of the molecule is CCC(=O)Nc1nnc(S(=O)(=O)N[C@H](C)c2ccc(N3CCCCC3)cc2)s1. The van der Waals surface area contributed by atoms with Crippen molar-refractivity contribution in [1.82, 2.24) is 14.9 Å². The number of hydrogen-bond acceptors (Lipinski definition) is 7. The minimum Gasteiger partial charge on any atom is -0.372 e. The van der Waals surface area contributed by atoms with E-state index in [2.05, 4.69) is 25.1 Å². The molecule has 1 saturated heterocycles. The third-order valence-electron chi connectivity index (χ3n) is 4.65. The van der Waals surface area contributed by atoms with Gasteiger partial charge in [0.15, 0.2) is 0 Å². The second-order valence-corrected chi connectivity index (χ2v) is 9.62. The standard InChI is InChI=1S/C18H25N5O3S2/c1-3-16(24)19-17-20-21-18(27-17)28(25,26)22-13(2)14-7-9-15(10-8-14)23-11-5-4-6-12-23/h7-10,13,22H,3-6,11-12H2,1-2H3,(H,19,20,24)/t13-/m1/s1. The molecule has 2 N–H and O–H groups in total. The first-order chi connectivity index (χ1) is 13.4. The first-order valence-corrected chi connectivity index (χ1v) is 11.7. The van der Waals surface area contributed by atoms with Gasteiger partial charge in [-0.2, -0.15) is 0 Å². The van der Waals surface area contributed by atoms with Gasteiger partial charge in [0.2, 0.25) is 15.4 Å². The molecule has 1 amide bonds. The number of carbonyl (C=O) groups excluding carboxylic acids is 1. The minimum absolute atomic E-state index is 0.171. The smallest absolute Gasteiger partial charge is 0.270 e. The van der Waals surface area contributed by atoms with Crippen LogP contribution in [0.1, 0.15) is 51.1 Å². The fourth-order valence-electron chi connectivity index (χ4n) is 3.05. The highest BCUT2D eigenvalue weighted by Crippen LogP contribution is 2.25. The zero-order valence-corrected chi connectivity index (χ0v) is 17.6. The minimum atomic E-state index is -3.83. The maximum Gasteiger partial charge on any atom is 0.270 e. The number of amides is 1. The molecule has 0 unspecified atom stereocenters. The van der Waals surface area contributed by atoms with Crippen LogP contribution in [0.15, 0.2) is 28.6 Å². The molecule has 1 aliphatic heterocycles. The summed E-state index contributed by atoms with van der Waals surface area (Å²) in [7, 11) is -3.83. The van der Waals surface area contributed by atoms with Crippen molar-refractivity contribution in [2.24, 2.45) is 0 Å². The van der Waals surface area contributed by atoms with Crippen molar-refractivity contribution in [3.8, 4) is 0 Å². The Bertz CT molecular complexity index is 906. The molecule has 28 heavy (non-hydrogen) atoms. The third-order valence-corrected chi connectivity index (χ3v) is 7.40. The Morgan fingerprint density at radius 1 is 1.18 bits per heavy atom. The van der Waals surface area contributed by atoms with E-state index in [9.17, 15) is 13.2 Å². The van der Waals surface area contributed by atoms with Crippen LogP contribution >= 0.6 is 11.3 Å². The number of nitrogens with one attached hydrogen (secondary N) is 2. The molecule has 1 fully saturated rings. The molecule has 152 valence electrons. The molecule has 0 aliphatic carbocycles. The lowest BCUT2D eigenvalue weighted by atomic mass is 10.1. The van der Waals surface area contributed by atoms with E-state index in [0.717, 1.165) is 30.0 Å². The molecule has 0 spiro atoms. The van der Waals surface area contributed by atoms with Crippen molar-refractivity contribution in [2.75, 3.05) is 23.3 Å². The molecule has 3 rings (SSSR count). The highest BCUT2D eigenvalue weighted by Gasteiger charge is 2.24. The summed E-state index contributed by atoms with van der Waals surface area (Å²) >= 11 is 0.831. The maximum atomic E-state index is 12.6. The molecular formula is C18H25N5O3S2. The Hall–Kier alpha value is -2.04. The zero-order valence-electron chi connectivity index (χ0n) is 16.0. The second kappa shape index (κ2) is 8.97. The molecule has 10 heteroatoms. The number of carbonyl (C=O) groups is 1. The van der Waals surface area contributed by atoms with Crippen LogP contribution in [0.3, 0.4) is 0 Å². The number of benzene rings is 1. The molecule has 1 aromatic heterocycles. The molecule has 1 aliphatic rings. The van der Waals surface area contributed by atoms with Crippen molar-refractivity contribution in [1.29, 1.82) is 0 Å². The van der Waals surface area contributed by atoms with Gasteiger partial charge < -0.3 is 10.2 Å². The van der Waals surface area contributed by atoms with E-state index in [4.69, 9.17) is 0 Å². The van der Waals surface area contributed by atoms with E-state index in [1.54, 1.807) is 13.8 Å². The molecule has 8 nitrogen and oxygen atoms in total. The van der Waals surface area contributed by atoms with E-state index < -0.39 is 16.1 Å². The van der Waals surface area contributed by atoms with E-state index in [1.165, 1.54) is 24.9 Å². The quantitative estimate of drug-likeness (QED) is 0.664. The van der Waals surface area contributed by atoms with Crippen molar-refractivity contribution in [3.05, 3.63) is 29.8 Å². The average molecular weight is 424 g/mol. The largest absolute Gasteiger partial charge is 0.372 e. The first-order valence-electron chi connectivity index (χ1n) is 9.39. The summed E-state index contributed by atoms with van der Waals surface area (Å²) in [5.74, 6) is -0.241. The van der Waals surface area contributed by atoms with E-state index in [1.807, 2.05) is 24.3 Å². The lowest BCUT2D eigenvalue weighted by Crippen LogP contribution is -2.29. The Kier molecular flexibility index (Phi) is 6.63. The monoisotopic (exact) mass is 423 g/mol. The van der Waals surface area contributed by atoms with Gasteiger partial charge in [-0.05, 0) is 43.9 Å². The summed E-state index contributed by atoms with van der Waals surface area (Å²) in [6.07, 6.45) is 3.98.